The van der Waals surface area contributed by atoms with Crippen molar-refractivity contribution in [3.05, 3.63) is 131 Å². The zero-order valence-electron chi connectivity index (χ0n) is 30.1. The summed E-state index contributed by atoms with van der Waals surface area (Å²) < 4.78 is 27.0. The molecule has 7 aromatic carbocycles. The van der Waals surface area contributed by atoms with E-state index in [1.165, 1.54) is 22.1 Å². The molecule has 54 heavy (non-hydrogen) atoms. The Morgan fingerprint density at radius 3 is 1.19 bits per heavy atom. The summed E-state index contributed by atoms with van der Waals surface area (Å²) in [6.45, 7) is 8.33. The number of benzene rings is 7. The molecule has 0 spiro atoms. The molecule has 0 aliphatic carbocycles. The average molecular weight is 696 g/mol. The van der Waals surface area contributed by atoms with Crippen LogP contribution < -0.4 is 61.5 Å². The third-order valence-corrected chi connectivity index (χ3v) is 12.1. The Kier molecular flexibility index (Phi) is 5.21. The summed E-state index contributed by atoms with van der Waals surface area (Å²) in [4.78, 5) is 4.84. The summed E-state index contributed by atoms with van der Waals surface area (Å²) in [5.74, 6) is 6.89. The minimum Gasteiger partial charge on any atom is -0.458 e. The molecule has 0 fully saturated rings. The van der Waals surface area contributed by atoms with E-state index in [9.17, 15) is 0 Å². The van der Waals surface area contributed by atoms with E-state index in [1.54, 1.807) is 0 Å². The Hall–Kier alpha value is -6.53. The molecule has 6 aliphatic rings. The van der Waals surface area contributed by atoms with Gasteiger partial charge in [-0.15, -0.1) is 0 Å². The molecule has 8 heteroatoms. The fourth-order valence-electron chi connectivity index (χ4n) is 9.85. The number of aryl methyl sites for hydroxylation is 4. The molecule has 0 aromatic heterocycles. The van der Waals surface area contributed by atoms with Crippen LogP contribution in [0, 0.1) is 27.7 Å². The van der Waals surface area contributed by atoms with Gasteiger partial charge < -0.3 is 28.7 Å². The predicted octanol–water partition coefficient (Wildman–Crippen LogP) is 7.94. The lowest BCUT2D eigenvalue weighted by Gasteiger charge is -2.46. The largest absolute Gasteiger partial charge is 0.458 e. The van der Waals surface area contributed by atoms with E-state index >= 15 is 0 Å². The maximum absolute atomic E-state index is 6.77. The van der Waals surface area contributed by atoms with Crippen LogP contribution in [-0.2, 0) is 0 Å². The highest BCUT2D eigenvalue weighted by Gasteiger charge is 2.50. The zero-order valence-corrected chi connectivity index (χ0v) is 30.1. The van der Waals surface area contributed by atoms with E-state index < -0.39 is 0 Å². The Bertz CT molecular complexity index is 2550. The van der Waals surface area contributed by atoms with Gasteiger partial charge in [0.05, 0.1) is 22.7 Å². The number of fused-ring (bicyclic) bond motifs is 14. The van der Waals surface area contributed by atoms with Crippen LogP contribution in [0.2, 0.25) is 0 Å². The van der Waals surface area contributed by atoms with E-state index in [0.717, 1.165) is 113 Å². The molecule has 0 radical (unpaired) electrons. The molecule has 254 valence electrons. The molecule has 13 rings (SSSR count). The molecule has 0 N–H and O–H groups in total. The first-order chi connectivity index (χ1) is 26.4. The first kappa shape index (κ1) is 29.0. The lowest BCUT2D eigenvalue weighted by Crippen LogP contribution is -2.64. The lowest BCUT2D eigenvalue weighted by atomic mass is 9.30. The zero-order chi connectivity index (χ0) is 35.7. The van der Waals surface area contributed by atoms with E-state index in [-0.39, 0.29) is 13.4 Å². The van der Waals surface area contributed by atoms with Gasteiger partial charge in [-0.25, -0.2) is 0 Å². The van der Waals surface area contributed by atoms with Crippen LogP contribution in [0.5, 0.6) is 46.0 Å². The first-order valence-corrected chi connectivity index (χ1v) is 18.6. The second-order valence-corrected chi connectivity index (χ2v) is 15.6. The number of ether oxygens (including phenoxy) is 4. The fraction of sp³-hybridized carbons (Fsp3) is 0.0870. The molecule has 0 atom stereocenters. The van der Waals surface area contributed by atoms with Crippen molar-refractivity contribution in [3.8, 4) is 46.0 Å². The molecule has 6 heterocycles. The van der Waals surface area contributed by atoms with E-state index in [0.29, 0.717) is 0 Å². The minimum atomic E-state index is -0.0735. The van der Waals surface area contributed by atoms with Gasteiger partial charge in [0.25, 0.3) is 13.4 Å². The van der Waals surface area contributed by atoms with Crippen LogP contribution >= 0.6 is 0 Å². The van der Waals surface area contributed by atoms with Gasteiger partial charge in [0.1, 0.15) is 23.0 Å². The standard InChI is InChI=1S/C46H30B2N2O4/c1-23-5-9-27-39(17-23)51-35-13-15-37-45-43(35)47(27)29-21-30-34(22-33(29)49(45)31-11-7-25(3)19-41(31)53-37)50-32-12-8-26(4)20-42(32)54-38-16-14-36-44(46(38)50)48(30)28-10-6-24(2)18-40(28)52-36/h5-22H,1-4H3. The van der Waals surface area contributed by atoms with Gasteiger partial charge in [-0.1, -0.05) is 42.5 Å². The van der Waals surface area contributed by atoms with Crippen molar-refractivity contribution in [3.63, 3.8) is 0 Å². The molecule has 0 unspecified atom stereocenters. The molecule has 7 aromatic rings. The number of nitrogens with zero attached hydrogens (tertiary/aromatic N) is 2. The van der Waals surface area contributed by atoms with E-state index in [4.69, 9.17) is 18.9 Å². The van der Waals surface area contributed by atoms with Gasteiger partial charge in [-0.3, -0.25) is 0 Å². The normalized spacial score (nSPS) is 14.7. The second-order valence-electron chi connectivity index (χ2n) is 15.6. The van der Waals surface area contributed by atoms with Crippen molar-refractivity contribution < 1.29 is 18.9 Å². The second kappa shape index (κ2) is 9.71. The summed E-state index contributed by atoms with van der Waals surface area (Å²) in [5.41, 5.74) is 18.1. The smallest absolute Gasteiger partial charge is 0.256 e. The van der Waals surface area contributed by atoms with Gasteiger partial charge in [0.15, 0.2) is 23.0 Å². The van der Waals surface area contributed by atoms with Crippen molar-refractivity contribution >= 4 is 80.3 Å². The molecular weight excluding hydrogens is 666 g/mol. The van der Waals surface area contributed by atoms with Crippen molar-refractivity contribution in [1.29, 1.82) is 0 Å². The summed E-state index contributed by atoms with van der Waals surface area (Å²) >= 11 is 0. The van der Waals surface area contributed by atoms with Crippen LogP contribution in [0.25, 0.3) is 0 Å². The van der Waals surface area contributed by atoms with Crippen molar-refractivity contribution in [2.24, 2.45) is 0 Å². The Morgan fingerprint density at radius 1 is 0.333 bits per heavy atom. The highest BCUT2D eigenvalue weighted by molar-refractivity contribution is 7.02. The Labute approximate surface area is 313 Å². The van der Waals surface area contributed by atoms with Gasteiger partial charge in [-0.2, -0.15) is 0 Å². The number of hydrogen-bond donors (Lipinski definition) is 0. The molecule has 6 aliphatic heterocycles. The Balaban J connectivity index is 1.17. The van der Waals surface area contributed by atoms with Crippen molar-refractivity contribution in [2.75, 3.05) is 9.80 Å². The summed E-state index contributed by atoms with van der Waals surface area (Å²) in [5, 5.41) is 0. The SMILES string of the molecule is Cc1ccc2c(c1)Oc1ccc3c4c1B2c1cc2c(cc1N4c1ccc(C)cc1O3)N1c3ccc(C)cc3Oc3ccc4c(c31)B2c1ccc(C)cc1O4. The monoisotopic (exact) mass is 696 g/mol. The summed E-state index contributed by atoms with van der Waals surface area (Å²) in [7, 11) is 0. The third-order valence-electron chi connectivity index (χ3n) is 12.1. The molecule has 0 saturated carbocycles. The molecule has 0 saturated heterocycles. The Morgan fingerprint density at radius 2 is 0.722 bits per heavy atom. The predicted molar refractivity (Wildman–Crippen MR) is 217 cm³/mol. The third kappa shape index (κ3) is 3.54. The molecular formula is C46H30B2N2O4. The molecule has 6 nitrogen and oxygen atoms in total. The number of hydrogen-bond acceptors (Lipinski definition) is 6. The highest BCUT2D eigenvalue weighted by Crippen LogP contribution is 2.56. The number of rotatable bonds is 0. The lowest BCUT2D eigenvalue weighted by molar-refractivity contribution is 0.467. The summed E-state index contributed by atoms with van der Waals surface area (Å²) in [6.07, 6.45) is 0. The quantitative estimate of drug-likeness (QED) is 0.150. The topological polar surface area (TPSA) is 43.4 Å². The van der Waals surface area contributed by atoms with Crippen molar-refractivity contribution in [1.82, 2.24) is 0 Å². The highest BCUT2D eigenvalue weighted by atomic mass is 16.5. The van der Waals surface area contributed by atoms with Crippen LogP contribution in [0.15, 0.2) is 109 Å². The van der Waals surface area contributed by atoms with Gasteiger partial charge in [-0.05, 0) is 139 Å². The van der Waals surface area contributed by atoms with Crippen LogP contribution in [-0.4, -0.2) is 13.4 Å². The van der Waals surface area contributed by atoms with Crippen molar-refractivity contribution in [2.45, 2.75) is 27.7 Å². The van der Waals surface area contributed by atoms with Crippen LogP contribution in [0.4, 0.5) is 34.1 Å². The van der Waals surface area contributed by atoms with Crippen LogP contribution in [0.1, 0.15) is 22.3 Å². The minimum absolute atomic E-state index is 0.0735. The first-order valence-electron chi connectivity index (χ1n) is 18.6. The molecule has 0 amide bonds. The van der Waals surface area contributed by atoms with E-state index in [1.807, 2.05) is 0 Å². The van der Waals surface area contributed by atoms with Gasteiger partial charge in [0, 0.05) is 22.3 Å². The fourth-order valence-corrected chi connectivity index (χ4v) is 9.85. The van der Waals surface area contributed by atoms with Gasteiger partial charge in [0.2, 0.25) is 0 Å². The molecule has 0 bridgehead atoms. The van der Waals surface area contributed by atoms with E-state index in [2.05, 4.69) is 147 Å². The number of anilines is 6. The van der Waals surface area contributed by atoms with Gasteiger partial charge >= 0.3 is 0 Å². The maximum Gasteiger partial charge on any atom is 0.256 e. The average Bonchev–Trinajstić information content (AvgIpc) is 3.16. The summed E-state index contributed by atoms with van der Waals surface area (Å²) in [6, 6.07) is 39.5. The van der Waals surface area contributed by atoms with Crippen LogP contribution in [0.3, 0.4) is 0 Å². The maximum atomic E-state index is 6.77.